The summed E-state index contributed by atoms with van der Waals surface area (Å²) < 4.78 is 7.28. The average Bonchev–Trinajstić information content (AvgIpc) is 3.02. The van der Waals surface area contributed by atoms with Crippen LogP contribution in [0.1, 0.15) is 39.2 Å². The van der Waals surface area contributed by atoms with Gasteiger partial charge in [-0.05, 0) is 41.9 Å². The molecule has 0 bridgehead atoms. The number of carbonyl (C=O) groups excluding carboxylic acids is 1. The molecule has 1 aliphatic rings. The summed E-state index contributed by atoms with van der Waals surface area (Å²) in [5.74, 6) is 0.589. The lowest BCUT2D eigenvalue weighted by molar-refractivity contribution is 0.0601. The molecule has 1 aromatic carbocycles. The van der Waals surface area contributed by atoms with Gasteiger partial charge in [-0.2, -0.15) is 5.10 Å². The molecule has 1 fully saturated rings. The maximum absolute atomic E-state index is 12.2. The molecular formula is C20H28N4O2. The second kappa shape index (κ2) is 7.91. The molecule has 6 heteroatoms. The highest BCUT2D eigenvalue weighted by Gasteiger charge is 2.15. The van der Waals surface area contributed by atoms with E-state index in [-0.39, 0.29) is 11.4 Å². The first kappa shape index (κ1) is 18.5. The summed E-state index contributed by atoms with van der Waals surface area (Å²) in [6.07, 6.45) is 5.68. The van der Waals surface area contributed by atoms with Crippen LogP contribution in [0.2, 0.25) is 0 Å². The van der Waals surface area contributed by atoms with Crippen molar-refractivity contribution in [2.75, 3.05) is 23.8 Å². The minimum absolute atomic E-state index is 0.0971. The van der Waals surface area contributed by atoms with Gasteiger partial charge in [-0.15, -0.1) is 0 Å². The number of rotatable bonds is 4. The fraction of sp³-hybridized carbons (Fsp3) is 0.500. The largest absolute Gasteiger partial charge is 0.381 e. The number of urea groups is 1. The first-order valence-electron chi connectivity index (χ1n) is 9.19. The molecule has 1 aliphatic heterocycles. The molecule has 0 atom stereocenters. The Bertz CT molecular complexity index is 725. The standard InChI is InChI=1S/C20H28N4O2/c1-20(2,3)16-4-6-17(7-5-16)22-19(25)23-18-12-21-24(14-18)13-15-8-10-26-11-9-15/h4-7,12,14-15H,8-11,13H2,1-3H3,(H2,22,23,25). The fourth-order valence-corrected chi connectivity index (χ4v) is 3.07. The monoisotopic (exact) mass is 356 g/mol. The number of anilines is 2. The van der Waals surface area contributed by atoms with Gasteiger partial charge in [0.2, 0.25) is 0 Å². The number of hydrogen-bond acceptors (Lipinski definition) is 3. The Labute approximate surface area is 154 Å². The summed E-state index contributed by atoms with van der Waals surface area (Å²) in [6.45, 7) is 9.02. The van der Waals surface area contributed by atoms with Crippen LogP contribution in [0.25, 0.3) is 0 Å². The van der Waals surface area contributed by atoms with Crippen molar-refractivity contribution in [3.05, 3.63) is 42.2 Å². The first-order chi connectivity index (χ1) is 12.4. The molecule has 26 heavy (non-hydrogen) atoms. The van der Waals surface area contributed by atoms with Gasteiger partial charge < -0.3 is 15.4 Å². The molecule has 1 saturated heterocycles. The third-order valence-corrected chi connectivity index (χ3v) is 4.69. The van der Waals surface area contributed by atoms with Gasteiger partial charge in [0.1, 0.15) is 0 Å². The zero-order valence-electron chi connectivity index (χ0n) is 15.8. The van der Waals surface area contributed by atoms with Gasteiger partial charge in [-0.3, -0.25) is 4.68 Å². The van der Waals surface area contributed by atoms with Crippen LogP contribution < -0.4 is 10.6 Å². The number of nitrogens with one attached hydrogen (secondary N) is 2. The van der Waals surface area contributed by atoms with Crippen LogP contribution in [-0.4, -0.2) is 29.0 Å². The molecule has 140 valence electrons. The Hall–Kier alpha value is -2.34. The highest BCUT2D eigenvalue weighted by molar-refractivity contribution is 5.99. The van der Waals surface area contributed by atoms with E-state index >= 15 is 0 Å². The van der Waals surface area contributed by atoms with Gasteiger partial charge in [0.15, 0.2) is 0 Å². The van der Waals surface area contributed by atoms with Crippen LogP contribution in [0.3, 0.4) is 0 Å². The van der Waals surface area contributed by atoms with Crippen LogP contribution in [0.5, 0.6) is 0 Å². The average molecular weight is 356 g/mol. The van der Waals surface area contributed by atoms with Crippen LogP contribution in [-0.2, 0) is 16.7 Å². The molecule has 2 heterocycles. The number of benzene rings is 1. The second-order valence-electron chi connectivity index (χ2n) is 7.91. The number of amides is 2. The van der Waals surface area contributed by atoms with E-state index in [1.165, 1.54) is 5.56 Å². The SMILES string of the molecule is CC(C)(C)c1ccc(NC(=O)Nc2cnn(CC3CCOCC3)c2)cc1. The maximum atomic E-state index is 12.2. The first-order valence-corrected chi connectivity index (χ1v) is 9.19. The quantitative estimate of drug-likeness (QED) is 0.860. The summed E-state index contributed by atoms with van der Waals surface area (Å²) >= 11 is 0. The van der Waals surface area contributed by atoms with Crippen LogP contribution in [0.15, 0.2) is 36.7 Å². The van der Waals surface area contributed by atoms with Crippen molar-refractivity contribution >= 4 is 17.4 Å². The zero-order valence-corrected chi connectivity index (χ0v) is 15.8. The van der Waals surface area contributed by atoms with Gasteiger partial charge in [-0.25, -0.2) is 4.79 Å². The molecule has 0 radical (unpaired) electrons. The van der Waals surface area contributed by atoms with Crippen molar-refractivity contribution in [2.45, 2.75) is 45.6 Å². The second-order valence-corrected chi connectivity index (χ2v) is 7.91. The molecule has 0 unspecified atom stereocenters. The van der Waals surface area contributed by atoms with E-state index in [9.17, 15) is 4.79 Å². The van der Waals surface area contributed by atoms with E-state index in [2.05, 4.69) is 36.5 Å². The van der Waals surface area contributed by atoms with Crippen molar-refractivity contribution < 1.29 is 9.53 Å². The third kappa shape index (κ3) is 5.08. The fourth-order valence-electron chi connectivity index (χ4n) is 3.07. The number of ether oxygens (including phenoxy) is 1. The Kier molecular flexibility index (Phi) is 5.61. The lowest BCUT2D eigenvalue weighted by atomic mass is 9.87. The van der Waals surface area contributed by atoms with E-state index in [1.807, 2.05) is 35.1 Å². The Morgan fingerprint density at radius 3 is 2.46 bits per heavy atom. The normalized spacial score (nSPS) is 15.7. The Balaban J connectivity index is 1.51. The summed E-state index contributed by atoms with van der Waals surface area (Å²) in [7, 11) is 0. The van der Waals surface area contributed by atoms with Crippen molar-refractivity contribution in [3.8, 4) is 0 Å². The van der Waals surface area contributed by atoms with Gasteiger partial charge in [0.25, 0.3) is 0 Å². The molecule has 0 saturated carbocycles. The highest BCUT2D eigenvalue weighted by Crippen LogP contribution is 2.23. The smallest absolute Gasteiger partial charge is 0.323 e. The van der Waals surface area contributed by atoms with E-state index in [0.29, 0.717) is 11.6 Å². The van der Waals surface area contributed by atoms with Crippen LogP contribution in [0, 0.1) is 5.92 Å². The van der Waals surface area contributed by atoms with Crippen molar-refractivity contribution in [1.82, 2.24) is 9.78 Å². The van der Waals surface area contributed by atoms with E-state index in [4.69, 9.17) is 4.74 Å². The van der Waals surface area contributed by atoms with E-state index in [1.54, 1.807) is 6.20 Å². The molecule has 2 aromatic rings. The lowest BCUT2D eigenvalue weighted by Gasteiger charge is -2.21. The molecule has 2 amide bonds. The van der Waals surface area contributed by atoms with Crippen molar-refractivity contribution in [3.63, 3.8) is 0 Å². The van der Waals surface area contributed by atoms with E-state index in [0.717, 1.165) is 38.3 Å². The molecule has 6 nitrogen and oxygen atoms in total. The summed E-state index contributed by atoms with van der Waals surface area (Å²) in [5, 5.41) is 10.0. The molecule has 2 N–H and O–H groups in total. The minimum Gasteiger partial charge on any atom is -0.381 e. The topological polar surface area (TPSA) is 68.2 Å². The Morgan fingerprint density at radius 1 is 1.15 bits per heavy atom. The minimum atomic E-state index is -0.265. The summed E-state index contributed by atoms with van der Waals surface area (Å²) in [5.41, 5.74) is 2.80. The van der Waals surface area contributed by atoms with Crippen LogP contribution >= 0.6 is 0 Å². The van der Waals surface area contributed by atoms with Gasteiger partial charge in [-0.1, -0.05) is 32.9 Å². The maximum Gasteiger partial charge on any atom is 0.323 e. The molecule has 0 spiro atoms. The zero-order chi connectivity index (χ0) is 18.6. The Morgan fingerprint density at radius 2 is 1.81 bits per heavy atom. The molecule has 1 aromatic heterocycles. The van der Waals surface area contributed by atoms with Gasteiger partial charge in [0.05, 0.1) is 11.9 Å². The van der Waals surface area contributed by atoms with Gasteiger partial charge in [0, 0.05) is 31.6 Å². The summed E-state index contributed by atoms with van der Waals surface area (Å²) in [4.78, 5) is 12.2. The van der Waals surface area contributed by atoms with Crippen LogP contribution in [0.4, 0.5) is 16.2 Å². The number of nitrogens with zero attached hydrogens (tertiary/aromatic N) is 2. The van der Waals surface area contributed by atoms with Crippen molar-refractivity contribution in [1.29, 1.82) is 0 Å². The third-order valence-electron chi connectivity index (χ3n) is 4.69. The summed E-state index contributed by atoms with van der Waals surface area (Å²) in [6, 6.07) is 7.67. The number of aromatic nitrogens is 2. The number of hydrogen-bond donors (Lipinski definition) is 2. The van der Waals surface area contributed by atoms with Gasteiger partial charge >= 0.3 is 6.03 Å². The molecule has 3 rings (SSSR count). The van der Waals surface area contributed by atoms with Crippen molar-refractivity contribution in [2.24, 2.45) is 5.92 Å². The molecule has 0 aliphatic carbocycles. The van der Waals surface area contributed by atoms with E-state index < -0.39 is 0 Å². The lowest BCUT2D eigenvalue weighted by Crippen LogP contribution is -2.21. The molecular weight excluding hydrogens is 328 g/mol. The highest BCUT2D eigenvalue weighted by atomic mass is 16.5. The predicted molar refractivity (Wildman–Crippen MR) is 104 cm³/mol. The predicted octanol–water partition coefficient (Wildman–Crippen LogP) is 4.25. The number of carbonyl (C=O) groups is 1.